The van der Waals surface area contributed by atoms with E-state index in [0.29, 0.717) is 0 Å². The fourth-order valence-corrected chi connectivity index (χ4v) is 3.47. The van der Waals surface area contributed by atoms with E-state index in [2.05, 4.69) is 34.6 Å². The Kier molecular flexibility index (Phi) is 14.0. The molecule has 0 spiro atoms. The molecule has 0 nitrogen and oxygen atoms in total. The van der Waals surface area contributed by atoms with Crippen molar-refractivity contribution in [2.45, 2.75) is 112 Å². The van der Waals surface area contributed by atoms with Crippen LogP contribution in [0.3, 0.4) is 0 Å². The van der Waals surface area contributed by atoms with Crippen molar-refractivity contribution in [3.63, 3.8) is 0 Å². The molecule has 0 heterocycles. The Labute approximate surface area is 130 Å². The number of hydrogen-bond acceptors (Lipinski definition) is 0. The van der Waals surface area contributed by atoms with Crippen LogP contribution in [0.1, 0.15) is 112 Å². The van der Waals surface area contributed by atoms with Crippen LogP contribution in [0.4, 0.5) is 0 Å². The van der Waals surface area contributed by atoms with Crippen LogP contribution in [0.5, 0.6) is 0 Å². The van der Waals surface area contributed by atoms with Crippen molar-refractivity contribution < 1.29 is 0 Å². The average molecular weight is 283 g/mol. The Morgan fingerprint density at radius 2 is 1.10 bits per heavy atom. The van der Waals surface area contributed by atoms with Crippen LogP contribution in [0.25, 0.3) is 0 Å². The standard InChI is InChI=1S/C20H42/c1-6-10-14-19(8-3)16-12-13-18(5)17-20(9-4)15-11-7-2/h18-20H,6-17H2,1-5H3. The molecule has 3 unspecified atom stereocenters. The van der Waals surface area contributed by atoms with Gasteiger partial charge in [-0.3, -0.25) is 0 Å². The topological polar surface area (TPSA) is 0 Å². The van der Waals surface area contributed by atoms with E-state index in [1.807, 2.05) is 0 Å². The molecule has 0 fully saturated rings. The Morgan fingerprint density at radius 1 is 0.600 bits per heavy atom. The van der Waals surface area contributed by atoms with Crippen molar-refractivity contribution in [3.05, 3.63) is 0 Å². The van der Waals surface area contributed by atoms with Crippen LogP contribution >= 0.6 is 0 Å². The monoisotopic (exact) mass is 282 g/mol. The summed E-state index contributed by atoms with van der Waals surface area (Å²) in [6, 6.07) is 0. The van der Waals surface area contributed by atoms with Crippen LogP contribution in [0.2, 0.25) is 0 Å². The molecule has 0 aromatic rings. The predicted molar refractivity (Wildman–Crippen MR) is 94.2 cm³/mol. The first-order chi connectivity index (χ1) is 9.67. The predicted octanol–water partition coefficient (Wildman–Crippen LogP) is 7.62. The Morgan fingerprint density at radius 3 is 1.60 bits per heavy atom. The Balaban J connectivity index is 3.76. The van der Waals surface area contributed by atoms with Crippen molar-refractivity contribution in [1.82, 2.24) is 0 Å². The number of unbranched alkanes of at least 4 members (excludes halogenated alkanes) is 2. The van der Waals surface area contributed by atoms with Gasteiger partial charge in [-0.25, -0.2) is 0 Å². The second-order valence-electron chi connectivity index (χ2n) is 7.10. The molecule has 0 aliphatic heterocycles. The van der Waals surface area contributed by atoms with E-state index in [4.69, 9.17) is 0 Å². The molecule has 0 rings (SSSR count). The summed E-state index contributed by atoms with van der Waals surface area (Å²) in [5.41, 5.74) is 0. The van der Waals surface area contributed by atoms with Crippen molar-refractivity contribution in [1.29, 1.82) is 0 Å². The minimum Gasteiger partial charge on any atom is -0.0654 e. The lowest BCUT2D eigenvalue weighted by molar-refractivity contribution is 0.319. The highest BCUT2D eigenvalue weighted by molar-refractivity contribution is 4.65. The lowest BCUT2D eigenvalue weighted by Crippen LogP contribution is -2.07. The Bertz CT molecular complexity index is 184. The fraction of sp³-hybridized carbons (Fsp3) is 1.00. The lowest BCUT2D eigenvalue weighted by atomic mass is 9.85. The van der Waals surface area contributed by atoms with Gasteiger partial charge in [0.1, 0.15) is 0 Å². The largest absolute Gasteiger partial charge is 0.0654 e. The molecule has 0 amide bonds. The van der Waals surface area contributed by atoms with Crippen molar-refractivity contribution in [2.75, 3.05) is 0 Å². The van der Waals surface area contributed by atoms with Gasteiger partial charge in [0.15, 0.2) is 0 Å². The van der Waals surface area contributed by atoms with Crippen LogP contribution in [-0.4, -0.2) is 0 Å². The zero-order valence-electron chi connectivity index (χ0n) is 15.2. The number of hydrogen-bond donors (Lipinski definition) is 0. The first kappa shape index (κ1) is 20.0. The highest BCUT2D eigenvalue weighted by Crippen LogP contribution is 2.26. The maximum Gasteiger partial charge on any atom is -0.0414 e. The highest BCUT2D eigenvalue weighted by Gasteiger charge is 2.12. The molecule has 122 valence electrons. The van der Waals surface area contributed by atoms with Gasteiger partial charge in [0.05, 0.1) is 0 Å². The van der Waals surface area contributed by atoms with E-state index in [1.165, 1.54) is 77.0 Å². The van der Waals surface area contributed by atoms with Crippen LogP contribution in [-0.2, 0) is 0 Å². The van der Waals surface area contributed by atoms with E-state index < -0.39 is 0 Å². The molecule has 3 atom stereocenters. The summed E-state index contributed by atoms with van der Waals surface area (Å²) in [5, 5.41) is 0. The van der Waals surface area contributed by atoms with Gasteiger partial charge in [0, 0.05) is 0 Å². The zero-order chi connectivity index (χ0) is 15.2. The molecule has 0 bridgehead atoms. The van der Waals surface area contributed by atoms with Gasteiger partial charge in [0.2, 0.25) is 0 Å². The molecule has 0 aromatic heterocycles. The van der Waals surface area contributed by atoms with Crippen molar-refractivity contribution >= 4 is 0 Å². The van der Waals surface area contributed by atoms with Crippen LogP contribution in [0.15, 0.2) is 0 Å². The Hall–Kier alpha value is 0. The molecule has 0 heteroatoms. The summed E-state index contributed by atoms with van der Waals surface area (Å²) < 4.78 is 0. The van der Waals surface area contributed by atoms with Gasteiger partial charge in [-0.1, -0.05) is 105 Å². The molecule has 20 heavy (non-hydrogen) atoms. The van der Waals surface area contributed by atoms with Crippen molar-refractivity contribution in [2.24, 2.45) is 17.8 Å². The molecule has 0 saturated carbocycles. The zero-order valence-corrected chi connectivity index (χ0v) is 15.2. The maximum absolute atomic E-state index is 2.49. The number of rotatable bonds is 14. The van der Waals surface area contributed by atoms with Gasteiger partial charge in [-0.15, -0.1) is 0 Å². The maximum atomic E-state index is 2.49. The summed E-state index contributed by atoms with van der Waals surface area (Å²) in [6.45, 7) is 11.9. The third kappa shape index (κ3) is 10.7. The molecule has 0 radical (unpaired) electrons. The third-order valence-corrected chi connectivity index (χ3v) is 5.13. The molecule has 0 N–H and O–H groups in total. The van der Waals surface area contributed by atoms with Crippen molar-refractivity contribution in [3.8, 4) is 0 Å². The lowest BCUT2D eigenvalue weighted by Gasteiger charge is -2.20. The molecular formula is C20H42. The second-order valence-corrected chi connectivity index (χ2v) is 7.10. The quantitative estimate of drug-likeness (QED) is 0.307. The minimum absolute atomic E-state index is 0.945. The normalized spacial score (nSPS) is 16.1. The van der Waals surface area contributed by atoms with Crippen LogP contribution < -0.4 is 0 Å². The van der Waals surface area contributed by atoms with Gasteiger partial charge in [-0.05, 0) is 24.2 Å². The summed E-state index contributed by atoms with van der Waals surface area (Å²) in [7, 11) is 0. The fourth-order valence-electron chi connectivity index (χ4n) is 3.47. The van der Waals surface area contributed by atoms with E-state index in [0.717, 1.165) is 17.8 Å². The second kappa shape index (κ2) is 14.0. The molecule has 0 aliphatic carbocycles. The van der Waals surface area contributed by atoms with Gasteiger partial charge >= 0.3 is 0 Å². The molecule has 0 saturated heterocycles. The smallest absolute Gasteiger partial charge is 0.0414 e. The van der Waals surface area contributed by atoms with E-state index in [9.17, 15) is 0 Å². The average Bonchev–Trinajstić information content (AvgIpc) is 2.46. The van der Waals surface area contributed by atoms with E-state index in [-0.39, 0.29) is 0 Å². The third-order valence-electron chi connectivity index (χ3n) is 5.13. The van der Waals surface area contributed by atoms with Gasteiger partial charge < -0.3 is 0 Å². The SMILES string of the molecule is CCCCC(CC)CCCC(C)CC(CC)CCCC. The first-order valence-electron chi connectivity index (χ1n) is 9.67. The summed E-state index contributed by atoms with van der Waals surface area (Å²) in [5.74, 6) is 2.94. The van der Waals surface area contributed by atoms with Gasteiger partial charge in [0.25, 0.3) is 0 Å². The minimum atomic E-state index is 0.945. The van der Waals surface area contributed by atoms with E-state index >= 15 is 0 Å². The summed E-state index contributed by atoms with van der Waals surface area (Å²) >= 11 is 0. The molecular weight excluding hydrogens is 240 g/mol. The first-order valence-corrected chi connectivity index (χ1v) is 9.67. The molecule has 0 aromatic carbocycles. The van der Waals surface area contributed by atoms with Crippen LogP contribution in [0, 0.1) is 17.8 Å². The molecule has 0 aliphatic rings. The summed E-state index contributed by atoms with van der Waals surface area (Å²) in [6.07, 6.45) is 17.2. The van der Waals surface area contributed by atoms with Gasteiger partial charge in [-0.2, -0.15) is 0 Å². The highest BCUT2D eigenvalue weighted by atomic mass is 14.2. The summed E-state index contributed by atoms with van der Waals surface area (Å²) in [4.78, 5) is 0. The van der Waals surface area contributed by atoms with E-state index in [1.54, 1.807) is 0 Å².